The Morgan fingerprint density at radius 1 is 1.29 bits per heavy atom. The number of nitrogens with two attached hydrogens (primary N) is 1. The van der Waals surface area contributed by atoms with E-state index in [0.717, 1.165) is 23.4 Å². The molecule has 7 heteroatoms. The maximum Gasteiger partial charge on any atom is 0.316 e. The molecule has 1 aromatic carbocycles. The fraction of sp³-hybridized carbons (Fsp3) is 0.0714. The minimum absolute atomic E-state index is 0.531. The second kappa shape index (κ2) is 5.91. The van der Waals surface area contributed by atoms with Gasteiger partial charge in [-0.25, -0.2) is 9.78 Å². The molecular formula is C14H13N3O4. The van der Waals surface area contributed by atoms with Gasteiger partial charge in [0.1, 0.15) is 18.2 Å². The highest BCUT2D eigenvalue weighted by Gasteiger charge is 2.17. The normalized spacial score (nSPS) is 9.95. The lowest BCUT2D eigenvalue weighted by Crippen LogP contribution is -2.19. The minimum Gasteiger partial charge on any atom is -0.481 e. The zero-order valence-electron chi connectivity index (χ0n) is 11.2. The summed E-state index contributed by atoms with van der Waals surface area (Å²) in [5.74, 6) is -0.833. The largest absolute Gasteiger partial charge is 0.481 e. The average molecular weight is 287 g/mol. The third-order valence-corrected chi connectivity index (χ3v) is 2.56. The van der Waals surface area contributed by atoms with Crippen molar-refractivity contribution in [1.82, 2.24) is 4.98 Å². The predicted octanol–water partition coefficient (Wildman–Crippen LogP) is 2.51. The molecule has 4 N–H and O–H groups in total. The number of carboxylic acid groups (broad SMARTS) is 1. The summed E-state index contributed by atoms with van der Waals surface area (Å²) in [4.78, 5) is 24.3. The summed E-state index contributed by atoms with van der Waals surface area (Å²) in [5.41, 5.74) is 8.04. The molecule has 0 spiro atoms. The van der Waals surface area contributed by atoms with Gasteiger partial charge < -0.3 is 20.6 Å². The third-order valence-electron chi connectivity index (χ3n) is 2.56. The Hall–Kier alpha value is -3.09. The van der Waals surface area contributed by atoms with Crippen molar-refractivity contribution in [3.8, 4) is 11.3 Å². The number of aliphatic carboxylic acids is 1. The number of benzene rings is 1. The molecule has 108 valence electrons. The van der Waals surface area contributed by atoms with Crippen LogP contribution in [0.1, 0.15) is 6.92 Å². The Morgan fingerprint density at radius 2 is 1.95 bits per heavy atom. The van der Waals surface area contributed by atoms with Crippen molar-refractivity contribution < 1.29 is 19.1 Å². The molecule has 0 radical (unpaired) electrons. The van der Waals surface area contributed by atoms with Gasteiger partial charge in [-0.2, -0.15) is 0 Å². The van der Waals surface area contributed by atoms with Crippen molar-refractivity contribution in [2.75, 3.05) is 5.32 Å². The second-order valence-electron chi connectivity index (χ2n) is 4.18. The van der Waals surface area contributed by atoms with Crippen LogP contribution in [0.3, 0.4) is 0 Å². The number of amides is 2. The molecule has 3 rings (SSSR count). The Bertz CT molecular complexity index is 762. The number of anilines is 1. The van der Waals surface area contributed by atoms with Gasteiger partial charge in [-0.3, -0.25) is 4.79 Å². The van der Waals surface area contributed by atoms with E-state index in [-0.39, 0.29) is 0 Å². The summed E-state index contributed by atoms with van der Waals surface area (Å²) in [6.45, 7) is 1.08. The summed E-state index contributed by atoms with van der Waals surface area (Å²) in [5, 5.41) is 10.9. The number of carbonyl (C=O) groups is 2. The monoisotopic (exact) mass is 287 g/mol. The Kier molecular flexibility index (Phi) is 4.03. The summed E-state index contributed by atoms with van der Waals surface area (Å²) in [7, 11) is 0. The van der Waals surface area contributed by atoms with Gasteiger partial charge in [-0.15, -0.1) is 0 Å². The number of nitrogens with one attached hydrogen (secondary N) is 1. The summed E-state index contributed by atoms with van der Waals surface area (Å²) < 4.78 is 5.12. The number of carbonyl (C=O) groups excluding carboxylic acids is 1. The smallest absolute Gasteiger partial charge is 0.316 e. The molecule has 2 amide bonds. The molecule has 2 aliphatic heterocycles. The lowest BCUT2D eigenvalue weighted by Gasteiger charge is -2.06. The molecule has 21 heavy (non-hydrogen) atoms. The van der Waals surface area contributed by atoms with E-state index in [2.05, 4.69) is 10.3 Å². The van der Waals surface area contributed by atoms with Crippen molar-refractivity contribution in [2.24, 2.45) is 5.73 Å². The standard InChI is InChI=1S/C12H9N3O2.C2H4O2/c13-12(16)15-10-6-17-5-9-11(10)7-3-1-2-4-8(7)14-9;1-2(3)4/h1-6H,(H3,13,15,16);1H3,(H,3,4). The predicted molar refractivity (Wildman–Crippen MR) is 77.1 cm³/mol. The van der Waals surface area contributed by atoms with E-state index >= 15 is 0 Å². The Balaban J connectivity index is 0.000000361. The van der Waals surface area contributed by atoms with E-state index in [1.165, 1.54) is 6.26 Å². The molecule has 0 unspecified atom stereocenters. The van der Waals surface area contributed by atoms with Crippen LogP contribution in [0.25, 0.3) is 22.2 Å². The highest BCUT2D eigenvalue weighted by molar-refractivity contribution is 6.05. The summed E-state index contributed by atoms with van der Waals surface area (Å²) >= 11 is 0. The molecule has 0 saturated heterocycles. The van der Waals surface area contributed by atoms with Crippen molar-refractivity contribution in [1.29, 1.82) is 0 Å². The second-order valence-corrected chi connectivity index (χ2v) is 4.18. The number of hydrogen-bond donors (Lipinski definition) is 3. The SMILES string of the molecule is CC(=O)O.NC(=O)Nc1cocc2nc3ccccc3c1-2. The number of para-hydroxylation sites is 1. The first kappa shape index (κ1) is 14.3. The molecule has 0 atom stereocenters. The Labute approximate surface area is 119 Å². The number of rotatable bonds is 1. The molecular weight excluding hydrogens is 274 g/mol. The van der Waals surface area contributed by atoms with E-state index in [4.69, 9.17) is 20.1 Å². The van der Waals surface area contributed by atoms with Gasteiger partial charge in [-0.05, 0) is 6.07 Å². The van der Waals surface area contributed by atoms with Gasteiger partial charge in [0.05, 0.1) is 11.2 Å². The van der Waals surface area contributed by atoms with Gasteiger partial charge in [0.2, 0.25) is 0 Å². The van der Waals surface area contributed by atoms with Crippen LogP contribution in [-0.2, 0) is 4.79 Å². The first-order valence-electron chi connectivity index (χ1n) is 5.99. The maximum absolute atomic E-state index is 10.9. The molecule has 0 saturated carbocycles. The highest BCUT2D eigenvalue weighted by atomic mass is 16.4. The van der Waals surface area contributed by atoms with Gasteiger partial charge in [0.15, 0.2) is 0 Å². The molecule has 0 bridgehead atoms. The highest BCUT2D eigenvalue weighted by Crippen LogP contribution is 2.36. The van der Waals surface area contributed by atoms with Gasteiger partial charge in [0.25, 0.3) is 5.97 Å². The fourth-order valence-corrected chi connectivity index (χ4v) is 1.92. The average Bonchev–Trinajstić information content (AvgIpc) is 2.76. The van der Waals surface area contributed by atoms with Crippen LogP contribution in [0, 0.1) is 0 Å². The van der Waals surface area contributed by atoms with Crippen molar-refractivity contribution in [3.63, 3.8) is 0 Å². The zero-order chi connectivity index (χ0) is 15.4. The van der Waals surface area contributed by atoms with Gasteiger partial charge >= 0.3 is 6.03 Å². The summed E-state index contributed by atoms with van der Waals surface area (Å²) in [6.07, 6.45) is 2.99. The van der Waals surface area contributed by atoms with Gasteiger partial charge in [-0.1, -0.05) is 18.2 Å². The first-order valence-corrected chi connectivity index (χ1v) is 5.99. The third kappa shape index (κ3) is 3.27. The number of urea groups is 1. The molecule has 7 nitrogen and oxygen atoms in total. The number of aromatic nitrogens is 1. The molecule has 0 aliphatic carbocycles. The van der Waals surface area contributed by atoms with Crippen molar-refractivity contribution in [3.05, 3.63) is 36.8 Å². The lowest BCUT2D eigenvalue weighted by atomic mass is 10.1. The zero-order valence-corrected chi connectivity index (χ0v) is 11.2. The molecule has 2 aliphatic rings. The number of fused-ring (bicyclic) bond motifs is 3. The van der Waals surface area contributed by atoms with Gasteiger partial charge in [0, 0.05) is 17.9 Å². The van der Waals surface area contributed by atoms with Crippen molar-refractivity contribution >= 4 is 28.6 Å². The van der Waals surface area contributed by atoms with E-state index in [0.29, 0.717) is 11.4 Å². The fourth-order valence-electron chi connectivity index (χ4n) is 1.92. The molecule has 2 heterocycles. The number of primary amides is 1. The Morgan fingerprint density at radius 3 is 2.62 bits per heavy atom. The van der Waals surface area contributed by atoms with Crippen molar-refractivity contribution in [2.45, 2.75) is 6.92 Å². The van der Waals surface area contributed by atoms with Crippen LogP contribution in [0.2, 0.25) is 0 Å². The quantitative estimate of drug-likeness (QED) is 0.635. The first-order chi connectivity index (χ1) is 9.99. The number of hydrogen-bond acceptors (Lipinski definition) is 4. The molecule has 0 fully saturated rings. The van der Waals surface area contributed by atoms with Crippen LogP contribution in [-0.4, -0.2) is 22.1 Å². The van der Waals surface area contributed by atoms with Crippen LogP contribution in [0.15, 0.2) is 41.2 Å². The number of carboxylic acids is 1. The van der Waals surface area contributed by atoms with Crippen LogP contribution in [0.4, 0.5) is 10.5 Å². The number of nitrogens with zero attached hydrogens (tertiary/aromatic N) is 1. The molecule has 1 aromatic rings. The topological polar surface area (TPSA) is 118 Å². The van der Waals surface area contributed by atoms with E-state index in [1.807, 2.05) is 24.3 Å². The minimum atomic E-state index is -0.833. The summed E-state index contributed by atoms with van der Waals surface area (Å²) in [6, 6.07) is 7.05. The van der Waals surface area contributed by atoms with Crippen LogP contribution in [0.5, 0.6) is 0 Å². The van der Waals surface area contributed by atoms with Crippen LogP contribution < -0.4 is 11.1 Å². The van der Waals surface area contributed by atoms with E-state index < -0.39 is 12.0 Å². The maximum atomic E-state index is 10.9. The van der Waals surface area contributed by atoms with E-state index in [9.17, 15) is 4.79 Å². The van der Waals surface area contributed by atoms with E-state index in [1.54, 1.807) is 6.26 Å². The molecule has 0 aromatic heterocycles. The lowest BCUT2D eigenvalue weighted by molar-refractivity contribution is -0.134. The van der Waals surface area contributed by atoms with Crippen LogP contribution >= 0.6 is 0 Å².